The van der Waals surface area contributed by atoms with Gasteiger partial charge in [-0.05, 0) is 25.7 Å². The van der Waals surface area contributed by atoms with Crippen LogP contribution >= 0.6 is 15.9 Å². The Bertz CT molecular complexity index is 567. The van der Waals surface area contributed by atoms with Crippen LogP contribution in [-0.2, 0) is 23.7 Å². The van der Waals surface area contributed by atoms with Crippen molar-refractivity contribution in [2.45, 2.75) is 207 Å². The second-order valence-corrected chi connectivity index (χ2v) is 15.4. The minimum absolute atomic E-state index is 0.143. The molecule has 0 aromatic carbocycles. The smallest absolute Gasteiger partial charge is 0.305 e. The van der Waals surface area contributed by atoms with Gasteiger partial charge in [0.15, 0.2) is 0 Å². The minimum atomic E-state index is -0.470. The molecule has 0 atom stereocenters. The van der Waals surface area contributed by atoms with Gasteiger partial charge in [-0.1, -0.05) is 191 Å². The molecule has 0 aromatic heterocycles. The van der Waals surface area contributed by atoms with Crippen LogP contribution in [0.4, 0.5) is 0 Å². The Morgan fingerprint density at radius 1 is 0.417 bits per heavy atom. The summed E-state index contributed by atoms with van der Waals surface area (Å²) in [6, 6.07) is 0. The van der Waals surface area contributed by atoms with Gasteiger partial charge in [-0.3, -0.25) is 4.79 Å². The zero-order valence-electron chi connectivity index (χ0n) is 32.6. The first kappa shape index (κ1) is 47.8. The SMILES string of the molecule is CCCCCCCCCCCOCC(COCCCCCCCCCCC)(COCCCCCCCCCCC)COC(=O)CCCBr. The molecule has 0 aliphatic heterocycles. The average Bonchev–Trinajstić information content (AvgIpc) is 3.10. The molecule has 0 fully saturated rings. The van der Waals surface area contributed by atoms with Crippen molar-refractivity contribution in [1.29, 1.82) is 0 Å². The lowest BCUT2D eigenvalue weighted by Gasteiger charge is -2.33. The molecule has 6 heteroatoms. The van der Waals surface area contributed by atoms with E-state index in [1.165, 1.54) is 154 Å². The highest BCUT2D eigenvalue weighted by atomic mass is 79.9. The molecule has 0 unspecified atom stereocenters. The van der Waals surface area contributed by atoms with Crippen LogP contribution in [0.5, 0.6) is 0 Å². The Morgan fingerprint density at radius 3 is 1.00 bits per heavy atom. The number of halogens is 1. The molecule has 0 saturated carbocycles. The summed E-state index contributed by atoms with van der Waals surface area (Å²) in [5.41, 5.74) is -0.470. The first-order chi connectivity index (χ1) is 23.6. The van der Waals surface area contributed by atoms with E-state index in [0.717, 1.165) is 50.8 Å². The molecule has 0 aliphatic rings. The molecule has 0 amide bonds. The lowest BCUT2D eigenvalue weighted by atomic mass is 9.92. The van der Waals surface area contributed by atoms with Crippen LogP contribution in [0.2, 0.25) is 0 Å². The third-order valence-corrected chi connectivity index (χ3v) is 10.0. The number of unbranched alkanes of at least 4 members (excludes halogenated alkanes) is 24. The third kappa shape index (κ3) is 34.3. The van der Waals surface area contributed by atoms with Crippen molar-refractivity contribution in [3.63, 3.8) is 0 Å². The minimum Gasteiger partial charge on any atom is -0.465 e. The van der Waals surface area contributed by atoms with Crippen molar-refractivity contribution < 1.29 is 23.7 Å². The van der Waals surface area contributed by atoms with E-state index < -0.39 is 5.41 Å². The lowest BCUT2D eigenvalue weighted by Crippen LogP contribution is -2.42. The predicted octanol–water partition coefficient (Wildman–Crippen LogP) is 13.3. The molecule has 0 bridgehead atoms. The predicted molar refractivity (Wildman–Crippen MR) is 211 cm³/mol. The standard InChI is InChI=1S/C42H83BrO5/c1-4-7-10-13-16-19-22-25-28-34-45-37-42(40-48-41(44)32-31-33-43,38-46-35-29-26-23-20-17-14-11-8-5-2)39-47-36-30-27-24-21-18-15-12-9-6-3/h4-40H2,1-3H3. The molecular weight excluding hydrogens is 664 g/mol. The number of rotatable bonds is 41. The highest BCUT2D eigenvalue weighted by Gasteiger charge is 2.34. The van der Waals surface area contributed by atoms with Crippen LogP contribution in [0, 0.1) is 5.41 Å². The van der Waals surface area contributed by atoms with Gasteiger partial charge in [0, 0.05) is 31.6 Å². The van der Waals surface area contributed by atoms with E-state index in [-0.39, 0.29) is 5.97 Å². The molecule has 0 spiro atoms. The summed E-state index contributed by atoms with van der Waals surface area (Å²) in [7, 11) is 0. The maximum Gasteiger partial charge on any atom is 0.305 e. The molecule has 0 N–H and O–H groups in total. The van der Waals surface area contributed by atoms with Gasteiger partial charge >= 0.3 is 5.97 Å². The summed E-state index contributed by atoms with van der Waals surface area (Å²) in [5.74, 6) is -0.143. The fourth-order valence-corrected chi connectivity index (χ4v) is 6.46. The van der Waals surface area contributed by atoms with Crippen LogP contribution in [-0.4, -0.2) is 57.5 Å². The van der Waals surface area contributed by atoms with E-state index in [9.17, 15) is 4.79 Å². The molecule has 0 saturated heterocycles. The van der Waals surface area contributed by atoms with Crippen molar-refractivity contribution in [2.24, 2.45) is 5.41 Å². The summed E-state index contributed by atoms with van der Waals surface area (Å²) >= 11 is 3.44. The number of esters is 1. The van der Waals surface area contributed by atoms with Gasteiger partial charge in [-0.15, -0.1) is 0 Å². The number of alkyl halides is 1. The summed E-state index contributed by atoms with van der Waals surface area (Å²) in [6.07, 6.45) is 36.3. The fourth-order valence-electron chi connectivity index (χ4n) is 6.18. The number of carbonyl (C=O) groups excluding carboxylic acids is 1. The maximum absolute atomic E-state index is 12.6. The Kier molecular flexibility index (Phi) is 39.5. The van der Waals surface area contributed by atoms with E-state index in [1.54, 1.807) is 0 Å². The molecule has 48 heavy (non-hydrogen) atoms. The fraction of sp³-hybridized carbons (Fsp3) is 0.976. The van der Waals surface area contributed by atoms with Crippen LogP contribution in [0.3, 0.4) is 0 Å². The van der Waals surface area contributed by atoms with Crippen molar-refractivity contribution in [2.75, 3.05) is 51.6 Å². The lowest BCUT2D eigenvalue weighted by molar-refractivity contribution is -0.156. The van der Waals surface area contributed by atoms with Gasteiger partial charge < -0.3 is 18.9 Å². The van der Waals surface area contributed by atoms with Crippen molar-refractivity contribution in [3.8, 4) is 0 Å². The average molecular weight is 748 g/mol. The van der Waals surface area contributed by atoms with E-state index >= 15 is 0 Å². The Labute approximate surface area is 308 Å². The van der Waals surface area contributed by atoms with E-state index in [2.05, 4.69) is 36.7 Å². The summed E-state index contributed by atoms with van der Waals surface area (Å²) in [6.45, 7) is 10.9. The summed E-state index contributed by atoms with van der Waals surface area (Å²) in [5, 5.41) is 0.804. The topological polar surface area (TPSA) is 54.0 Å². The number of ether oxygens (including phenoxy) is 4. The molecule has 0 aromatic rings. The van der Waals surface area contributed by atoms with E-state index in [1.807, 2.05) is 0 Å². The van der Waals surface area contributed by atoms with Crippen LogP contribution in [0.1, 0.15) is 207 Å². The van der Waals surface area contributed by atoms with Gasteiger partial charge in [0.2, 0.25) is 0 Å². The molecule has 0 aliphatic carbocycles. The zero-order valence-corrected chi connectivity index (χ0v) is 34.2. The Balaban J connectivity index is 4.84. The largest absolute Gasteiger partial charge is 0.465 e. The highest BCUT2D eigenvalue weighted by Crippen LogP contribution is 2.23. The van der Waals surface area contributed by atoms with Gasteiger partial charge in [-0.2, -0.15) is 0 Å². The van der Waals surface area contributed by atoms with Gasteiger partial charge in [0.25, 0.3) is 0 Å². The second-order valence-electron chi connectivity index (χ2n) is 14.6. The summed E-state index contributed by atoms with van der Waals surface area (Å²) in [4.78, 5) is 12.6. The quantitative estimate of drug-likeness (QED) is 0.0354. The molecule has 0 radical (unpaired) electrons. The number of hydrogen-bond acceptors (Lipinski definition) is 5. The molecule has 5 nitrogen and oxygen atoms in total. The second kappa shape index (κ2) is 39.6. The first-order valence-corrected chi connectivity index (χ1v) is 22.2. The normalized spacial score (nSPS) is 11.8. The van der Waals surface area contributed by atoms with Crippen LogP contribution in [0.25, 0.3) is 0 Å². The van der Waals surface area contributed by atoms with Gasteiger partial charge in [0.1, 0.15) is 6.61 Å². The third-order valence-electron chi connectivity index (χ3n) is 9.46. The van der Waals surface area contributed by atoms with Crippen molar-refractivity contribution >= 4 is 21.9 Å². The van der Waals surface area contributed by atoms with Gasteiger partial charge in [-0.25, -0.2) is 0 Å². The Hall–Kier alpha value is -0.170. The molecule has 288 valence electrons. The van der Waals surface area contributed by atoms with Crippen LogP contribution in [0.15, 0.2) is 0 Å². The van der Waals surface area contributed by atoms with Crippen molar-refractivity contribution in [3.05, 3.63) is 0 Å². The molecule has 0 heterocycles. The number of hydrogen-bond donors (Lipinski definition) is 0. The maximum atomic E-state index is 12.6. The van der Waals surface area contributed by atoms with E-state index in [0.29, 0.717) is 32.8 Å². The highest BCUT2D eigenvalue weighted by molar-refractivity contribution is 9.09. The monoisotopic (exact) mass is 747 g/mol. The van der Waals surface area contributed by atoms with E-state index in [4.69, 9.17) is 18.9 Å². The van der Waals surface area contributed by atoms with Crippen LogP contribution < -0.4 is 0 Å². The Morgan fingerprint density at radius 2 is 0.708 bits per heavy atom. The van der Waals surface area contributed by atoms with Crippen molar-refractivity contribution in [1.82, 2.24) is 0 Å². The zero-order chi connectivity index (χ0) is 35.1. The first-order valence-electron chi connectivity index (χ1n) is 21.1. The number of carbonyl (C=O) groups is 1. The molecular formula is C42H83BrO5. The van der Waals surface area contributed by atoms with Gasteiger partial charge in [0.05, 0.1) is 25.2 Å². The summed E-state index contributed by atoms with van der Waals surface area (Å²) < 4.78 is 24.8. The molecule has 0 rings (SSSR count).